The van der Waals surface area contributed by atoms with Gasteiger partial charge in [-0.25, -0.2) is 0 Å². The van der Waals surface area contributed by atoms with E-state index in [2.05, 4.69) is 15.9 Å². The summed E-state index contributed by atoms with van der Waals surface area (Å²) in [6, 6.07) is 7.10. The zero-order valence-electron chi connectivity index (χ0n) is 15.8. The topological polar surface area (TPSA) is 63.2 Å². The minimum absolute atomic E-state index is 0.518. The number of allylic oxidation sites excluding steroid dienone is 1. The fourth-order valence-corrected chi connectivity index (χ4v) is 3.33. The molecule has 2 aromatic rings. The number of methoxy groups -OCH3 is 5. The highest BCUT2D eigenvalue weighted by atomic mass is 79.9. The van der Waals surface area contributed by atoms with E-state index in [0.29, 0.717) is 44.4 Å². The summed E-state index contributed by atoms with van der Waals surface area (Å²) in [6.45, 7) is 0. The van der Waals surface area contributed by atoms with Crippen molar-refractivity contribution in [2.24, 2.45) is 0 Å². The van der Waals surface area contributed by atoms with Crippen LogP contribution in [0.2, 0.25) is 0 Å². The Morgan fingerprint density at radius 3 is 1.89 bits per heavy atom. The molecule has 144 valence electrons. The van der Waals surface area contributed by atoms with Gasteiger partial charge in [0.2, 0.25) is 0 Å². The molecule has 0 fully saturated rings. The second-order valence-corrected chi connectivity index (χ2v) is 6.17. The summed E-state index contributed by atoms with van der Waals surface area (Å²) < 4.78 is 27.7. The van der Waals surface area contributed by atoms with E-state index in [9.17, 15) is 4.79 Å². The van der Waals surface area contributed by atoms with E-state index in [1.807, 2.05) is 6.07 Å². The van der Waals surface area contributed by atoms with Crippen LogP contribution >= 0.6 is 15.9 Å². The fraction of sp³-hybridized carbons (Fsp3) is 0.250. The van der Waals surface area contributed by atoms with E-state index in [-0.39, 0.29) is 0 Å². The summed E-state index contributed by atoms with van der Waals surface area (Å²) in [5, 5.41) is 0. The van der Waals surface area contributed by atoms with E-state index < -0.39 is 0 Å². The third kappa shape index (κ3) is 4.19. The van der Waals surface area contributed by atoms with Crippen molar-refractivity contribution in [2.75, 3.05) is 35.5 Å². The van der Waals surface area contributed by atoms with Gasteiger partial charge < -0.3 is 23.7 Å². The number of carbonyl (C=O) groups excluding carboxylic acids is 1. The van der Waals surface area contributed by atoms with E-state index in [1.165, 1.54) is 6.08 Å². The molecule has 27 heavy (non-hydrogen) atoms. The summed E-state index contributed by atoms with van der Waals surface area (Å²) in [4.78, 5) is 11.4. The Labute approximate surface area is 166 Å². The molecule has 0 aliphatic carbocycles. The summed E-state index contributed by atoms with van der Waals surface area (Å²) in [6.07, 6.45) is 2.17. The minimum atomic E-state index is 0.518. The number of ether oxygens (including phenoxy) is 5. The van der Waals surface area contributed by atoms with Crippen molar-refractivity contribution in [3.8, 4) is 28.7 Å². The molecule has 0 bridgehead atoms. The lowest BCUT2D eigenvalue weighted by Crippen LogP contribution is -2.00. The Bertz CT molecular complexity index is 860. The van der Waals surface area contributed by atoms with Crippen LogP contribution in [0.25, 0.3) is 5.57 Å². The molecule has 0 aliphatic rings. The zero-order chi connectivity index (χ0) is 20.0. The third-order valence-corrected chi connectivity index (χ3v) is 4.56. The average Bonchev–Trinajstić information content (AvgIpc) is 2.70. The Kier molecular flexibility index (Phi) is 7.12. The lowest BCUT2D eigenvalue weighted by Gasteiger charge is -2.18. The molecule has 0 amide bonds. The molecule has 7 heteroatoms. The van der Waals surface area contributed by atoms with Gasteiger partial charge in [0.15, 0.2) is 23.0 Å². The van der Waals surface area contributed by atoms with Gasteiger partial charge in [0, 0.05) is 11.6 Å². The maximum Gasteiger partial charge on any atom is 0.174 e. The van der Waals surface area contributed by atoms with E-state index >= 15 is 0 Å². The van der Waals surface area contributed by atoms with Crippen LogP contribution in [0.4, 0.5) is 0 Å². The monoisotopic (exact) mass is 436 g/mol. The van der Waals surface area contributed by atoms with Crippen LogP contribution in [-0.4, -0.2) is 41.8 Å². The molecule has 0 saturated carbocycles. The van der Waals surface area contributed by atoms with Gasteiger partial charge in [-0.2, -0.15) is 0 Å². The molecule has 6 nitrogen and oxygen atoms in total. The standard InChI is InChI=1S/C20H21BrO6/c1-23-16-11-18(25-3)17(24-2)10-14(16)13(6-7-22)12-8-15(21)20(27-5)19(9-12)26-4/h6-11H,1-5H3. The number of hydrogen-bond acceptors (Lipinski definition) is 6. The first-order chi connectivity index (χ1) is 13.0. The van der Waals surface area contributed by atoms with E-state index in [4.69, 9.17) is 23.7 Å². The van der Waals surface area contributed by atoms with Crippen molar-refractivity contribution in [3.05, 3.63) is 45.9 Å². The Hall–Kier alpha value is -2.67. The van der Waals surface area contributed by atoms with Gasteiger partial charge in [-0.15, -0.1) is 0 Å². The molecule has 0 aliphatic heterocycles. The highest BCUT2D eigenvalue weighted by Gasteiger charge is 2.19. The van der Waals surface area contributed by atoms with Crippen LogP contribution in [-0.2, 0) is 4.79 Å². The molecule has 0 spiro atoms. The molecule has 0 heterocycles. The first-order valence-corrected chi connectivity index (χ1v) is 8.71. The summed E-state index contributed by atoms with van der Waals surface area (Å²) in [5.74, 6) is 2.66. The molecule has 2 rings (SSSR count). The zero-order valence-corrected chi connectivity index (χ0v) is 17.4. The smallest absolute Gasteiger partial charge is 0.174 e. The van der Waals surface area contributed by atoms with Gasteiger partial charge in [-0.05, 0) is 51.3 Å². The van der Waals surface area contributed by atoms with Crippen LogP contribution in [0, 0.1) is 0 Å². The van der Waals surface area contributed by atoms with Crippen LogP contribution in [0.15, 0.2) is 34.8 Å². The Balaban J connectivity index is 2.75. The number of aldehydes is 1. The van der Waals surface area contributed by atoms with Crippen LogP contribution in [0.3, 0.4) is 0 Å². The van der Waals surface area contributed by atoms with Gasteiger partial charge >= 0.3 is 0 Å². The maximum atomic E-state index is 11.4. The summed E-state index contributed by atoms with van der Waals surface area (Å²) in [5.41, 5.74) is 2.03. The molecule has 2 aromatic carbocycles. The first-order valence-electron chi connectivity index (χ1n) is 7.92. The number of benzene rings is 2. The van der Waals surface area contributed by atoms with Gasteiger partial charge in [-0.3, -0.25) is 4.79 Å². The third-order valence-electron chi connectivity index (χ3n) is 3.98. The van der Waals surface area contributed by atoms with Crippen LogP contribution in [0.1, 0.15) is 11.1 Å². The normalized spacial score (nSPS) is 11.0. The summed E-state index contributed by atoms with van der Waals surface area (Å²) in [7, 11) is 7.75. The van der Waals surface area contributed by atoms with E-state index in [0.717, 1.165) is 11.8 Å². The number of hydrogen-bond donors (Lipinski definition) is 0. The lowest BCUT2D eigenvalue weighted by molar-refractivity contribution is -0.104. The van der Waals surface area contributed by atoms with Gasteiger partial charge in [0.25, 0.3) is 0 Å². The van der Waals surface area contributed by atoms with Crippen molar-refractivity contribution in [3.63, 3.8) is 0 Å². The molecule has 0 radical (unpaired) electrons. The van der Waals surface area contributed by atoms with Crippen molar-refractivity contribution < 1.29 is 28.5 Å². The SMILES string of the molecule is COc1cc(OC)c(C(=CC=O)c2cc(Br)c(OC)c(OC)c2)cc1OC. The van der Waals surface area contributed by atoms with Crippen LogP contribution in [0.5, 0.6) is 28.7 Å². The Morgan fingerprint density at radius 1 is 0.778 bits per heavy atom. The number of rotatable bonds is 8. The quantitative estimate of drug-likeness (QED) is 0.458. The average molecular weight is 437 g/mol. The highest BCUT2D eigenvalue weighted by molar-refractivity contribution is 9.10. The predicted molar refractivity (Wildman–Crippen MR) is 106 cm³/mol. The minimum Gasteiger partial charge on any atom is -0.496 e. The van der Waals surface area contributed by atoms with Gasteiger partial charge in [-0.1, -0.05) is 0 Å². The molecule has 0 atom stereocenters. The molecule has 0 unspecified atom stereocenters. The predicted octanol–water partition coefficient (Wildman–Crippen LogP) is 4.12. The van der Waals surface area contributed by atoms with Crippen molar-refractivity contribution in [1.82, 2.24) is 0 Å². The largest absolute Gasteiger partial charge is 0.496 e. The molecule has 0 saturated heterocycles. The maximum absolute atomic E-state index is 11.4. The lowest BCUT2D eigenvalue weighted by atomic mass is 9.96. The second kappa shape index (κ2) is 9.32. The summed E-state index contributed by atoms with van der Waals surface area (Å²) >= 11 is 3.48. The number of carbonyl (C=O) groups is 1. The highest BCUT2D eigenvalue weighted by Crippen LogP contribution is 2.43. The van der Waals surface area contributed by atoms with E-state index in [1.54, 1.807) is 53.7 Å². The molecule has 0 N–H and O–H groups in total. The van der Waals surface area contributed by atoms with Gasteiger partial charge in [0.1, 0.15) is 12.0 Å². The van der Waals surface area contributed by atoms with Crippen molar-refractivity contribution >= 4 is 27.8 Å². The molecular weight excluding hydrogens is 416 g/mol. The molecular formula is C20H21BrO6. The first kappa shape index (κ1) is 20.6. The fourth-order valence-electron chi connectivity index (χ4n) is 2.72. The van der Waals surface area contributed by atoms with Crippen molar-refractivity contribution in [1.29, 1.82) is 0 Å². The van der Waals surface area contributed by atoms with Crippen molar-refractivity contribution in [2.45, 2.75) is 0 Å². The van der Waals surface area contributed by atoms with Crippen LogP contribution < -0.4 is 23.7 Å². The molecule has 0 aromatic heterocycles. The van der Waals surface area contributed by atoms with Gasteiger partial charge in [0.05, 0.1) is 40.0 Å². The number of halogens is 1. The Morgan fingerprint density at radius 2 is 1.37 bits per heavy atom. The second-order valence-electron chi connectivity index (χ2n) is 5.32.